The highest BCUT2D eigenvalue weighted by Crippen LogP contribution is 2.35. The molecule has 0 aliphatic carbocycles. The summed E-state index contributed by atoms with van der Waals surface area (Å²) >= 11 is 0. The van der Waals surface area contributed by atoms with E-state index in [2.05, 4.69) is 24.4 Å². The average Bonchev–Trinajstić information content (AvgIpc) is 2.98. The van der Waals surface area contributed by atoms with Crippen LogP contribution in [0.4, 0.5) is 0 Å². The molecule has 0 spiro atoms. The largest absolute Gasteiger partial charge is 0.469 e. The average molecular weight is 645 g/mol. The molecule has 0 fully saturated rings. The van der Waals surface area contributed by atoms with E-state index in [-0.39, 0.29) is 19.4 Å². The molecule has 0 heterocycles. The number of esters is 2. The molecule has 0 aromatic rings. The van der Waals surface area contributed by atoms with Crippen LogP contribution in [0.5, 0.6) is 0 Å². The number of phosphoric ester groups is 1. The van der Waals surface area contributed by atoms with Crippen LogP contribution in [0.2, 0.25) is 0 Å². The Morgan fingerprint density at radius 3 is 1.86 bits per heavy atom. The number of hydrogen-bond donors (Lipinski definition) is 3. The van der Waals surface area contributed by atoms with Gasteiger partial charge in [0.2, 0.25) is 0 Å². The number of carbonyl (C=O) groups excluding carboxylic acids is 2. The smallest absolute Gasteiger partial charge is 0.462 e. The molecular weight excluding hydrogens is 583 g/mol. The molecule has 0 aromatic carbocycles. The molecule has 0 saturated heterocycles. The quantitative estimate of drug-likeness (QED) is 0.0231. The number of allylic oxidation sites excluding steroid dienone is 4. The van der Waals surface area contributed by atoms with Gasteiger partial charge < -0.3 is 24.4 Å². The lowest BCUT2D eigenvalue weighted by atomic mass is 10.1. The van der Waals surface area contributed by atoms with Crippen LogP contribution in [0.25, 0.3) is 0 Å². The van der Waals surface area contributed by atoms with E-state index in [9.17, 15) is 19.3 Å². The van der Waals surface area contributed by atoms with Crippen molar-refractivity contribution in [1.29, 1.82) is 0 Å². The van der Waals surface area contributed by atoms with Crippen molar-refractivity contribution in [2.45, 2.75) is 154 Å². The van der Waals surface area contributed by atoms with Gasteiger partial charge in [-0.1, -0.05) is 127 Å². The van der Waals surface area contributed by atoms with Crippen molar-refractivity contribution < 1.29 is 43.0 Å². The van der Waals surface area contributed by atoms with E-state index >= 15 is 0 Å². The number of ether oxygens (including phenoxy) is 2. The van der Waals surface area contributed by atoms with E-state index in [0.717, 1.165) is 57.8 Å². The SMILES string of the molecule is CC/C=C/CC(O)/C=C/C=C/CCCCCCCC(=O)OC[C@H](COP(=O)(O)O)OC(=O)CCCCCCCCCCCC. The van der Waals surface area contributed by atoms with Crippen molar-refractivity contribution >= 4 is 19.8 Å². The summed E-state index contributed by atoms with van der Waals surface area (Å²) in [4.78, 5) is 42.5. The maximum absolute atomic E-state index is 12.3. The zero-order valence-corrected chi connectivity index (χ0v) is 28.3. The van der Waals surface area contributed by atoms with Crippen LogP contribution in [0.1, 0.15) is 142 Å². The second kappa shape index (κ2) is 29.9. The number of hydrogen-bond acceptors (Lipinski definition) is 7. The molecule has 0 bridgehead atoms. The first-order valence-corrected chi connectivity index (χ1v) is 18.4. The third-order valence-electron chi connectivity index (χ3n) is 7.00. The molecule has 2 atom stereocenters. The fourth-order valence-electron chi connectivity index (χ4n) is 4.47. The number of aliphatic hydroxyl groups is 1. The Labute approximate surface area is 266 Å². The fraction of sp³-hybridized carbons (Fsp3) is 0.765. The Morgan fingerprint density at radius 1 is 0.705 bits per heavy atom. The topological polar surface area (TPSA) is 140 Å². The third kappa shape index (κ3) is 31.6. The first-order valence-electron chi connectivity index (χ1n) is 16.9. The molecule has 0 aliphatic heterocycles. The summed E-state index contributed by atoms with van der Waals surface area (Å²) < 4.78 is 26.1. The minimum Gasteiger partial charge on any atom is -0.462 e. The number of phosphoric acid groups is 1. The van der Waals surface area contributed by atoms with Crippen LogP contribution in [0.3, 0.4) is 0 Å². The summed E-state index contributed by atoms with van der Waals surface area (Å²) in [6.45, 7) is 3.41. The molecule has 256 valence electrons. The predicted octanol–water partition coefficient (Wildman–Crippen LogP) is 8.42. The van der Waals surface area contributed by atoms with Gasteiger partial charge in [-0.05, 0) is 38.5 Å². The molecule has 44 heavy (non-hydrogen) atoms. The fourth-order valence-corrected chi connectivity index (χ4v) is 4.83. The van der Waals surface area contributed by atoms with Crippen molar-refractivity contribution in [2.75, 3.05) is 13.2 Å². The van der Waals surface area contributed by atoms with Crippen molar-refractivity contribution in [3.8, 4) is 0 Å². The van der Waals surface area contributed by atoms with E-state index in [0.29, 0.717) is 19.3 Å². The lowest BCUT2D eigenvalue weighted by Crippen LogP contribution is -2.29. The molecule has 0 rings (SSSR count). The number of carbonyl (C=O) groups is 2. The van der Waals surface area contributed by atoms with Crippen LogP contribution in [0, 0.1) is 0 Å². The highest BCUT2D eigenvalue weighted by atomic mass is 31.2. The molecule has 0 aromatic heterocycles. The zero-order chi connectivity index (χ0) is 32.7. The minimum atomic E-state index is -4.76. The van der Waals surface area contributed by atoms with Gasteiger partial charge in [-0.25, -0.2) is 4.57 Å². The second-order valence-electron chi connectivity index (χ2n) is 11.3. The van der Waals surface area contributed by atoms with E-state index in [1.54, 1.807) is 6.08 Å². The number of rotatable bonds is 30. The summed E-state index contributed by atoms with van der Waals surface area (Å²) in [7, 11) is -4.76. The zero-order valence-electron chi connectivity index (χ0n) is 27.4. The van der Waals surface area contributed by atoms with Crippen LogP contribution in [-0.4, -0.2) is 52.3 Å². The maximum Gasteiger partial charge on any atom is 0.469 e. The highest BCUT2D eigenvalue weighted by molar-refractivity contribution is 7.46. The molecule has 0 saturated carbocycles. The predicted molar refractivity (Wildman–Crippen MR) is 176 cm³/mol. The van der Waals surface area contributed by atoms with Crippen molar-refractivity contribution in [2.24, 2.45) is 0 Å². The first kappa shape index (κ1) is 42.2. The Bertz CT molecular complexity index is 835. The van der Waals surface area contributed by atoms with Gasteiger partial charge in [-0.15, -0.1) is 0 Å². The molecule has 0 amide bonds. The van der Waals surface area contributed by atoms with Gasteiger partial charge in [0.05, 0.1) is 12.7 Å². The van der Waals surface area contributed by atoms with Gasteiger partial charge in [0.15, 0.2) is 6.10 Å². The summed E-state index contributed by atoms with van der Waals surface area (Å²) in [6.07, 6.45) is 29.2. The van der Waals surface area contributed by atoms with E-state index in [1.807, 2.05) is 24.3 Å². The summed E-state index contributed by atoms with van der Waals surface area (Å²) in [6, 6.07) is 0. The van der Waals surface area contributed by atoms with Crippen LogP contribution < -0.4 is 0 Å². The van der Waals surface area contributed by atoms with Crippen molar-refractivity contribution in [3.63, 3.8) is 0 Å². The molecule has 9 nitrogen and oxygen atoms in total. The third-order valence-corrected chi connectivity index (χ3v) is 7.49. The standard InChI is InChI=1S/C34H61O9P/c1-3-5-7-8-9-10-13-17-20-24-28-34(37)43-32(30-42-44(38,39)40)29-41-33(36)27-23-19-16-14-11-12-15-18-22-26-31(35)25-21-6-4-2/h6,15,18,21-22,26,31-32,35H,3-5,7-14,16-17,19-20,23-25,27-30H2,1-2H3,(H2,38,39,40)/b18-15+,21-6+,26-22+/t31?,32-/m1/s1. The normalized spacial score (nSPS) is 13.7. The van der Waals surface area contributed by atoms with Gasteiger partial charge in [-0.2, -0.15) is 0 Å². The number of unbranched alkanes of at least 4 members (excludes halogenated alkanes) is 14. The molecule has 1 unspecified atom stereocenters. The Kier molecular flexibility index (Phi) is 28.7. The number of aliphatic hydroxyl groups excluding tert-OH is 1. The van der Waals surface area contributed by atoms with Crippen molar-refractivity contribution in [3.05, 3.63) is 36.5 Å². The van der Waals surface area contributed by atoms with E-state index in [1.165, 1.54) is 38.5 Å². The Balaban J connectivity index is 4.08. The molecule has 10 heteroatoms. The molecule has 0 radical (unpaired) electrons. The van der Waals surface area contributed by atoms with Crippen LogP contribution in [0.15, 0.2) is 36.5 Å². The lowest BCUT2D eigenvalue weighted by Gasteiger charge is -2.18. The first-order chi connectivity index (χ1) is 21.2. The highest BCUT2D eigenvalue weighted by Gasteiger charge is 2.22. The Morgan fingerprint density at radius 2 is 1.27 bits per heavy atom. The van der Waals surface area contributed by atoms with Crippen molar-refractivity contribution in [1.82, 2.24) is 0 Å². The Hall–Kier alpha value is -1.77. The van der Waals surface area contributed by atoms with E-state index < -0.39 is 38.6 Å². The maximum atomic E-state index is 12.3. The van der Waals surface area contributed by atoms with Gasteiger partial charge in [0.25, 0.3) is 0 Å². The summed E-state index contributed by atoms with van der Waals surface area (Å²) in [5.41, 5.74) is 0. The van der Waals surface area contributed by atoms with Gasteiger partial charge in [-0.3, -0.25) is 14.1 Å². The minimum absolute atomic E-state index is 0.198. The molecule has 0 aliphatic rings. The summed E-state index contributed by atoms with van der Waals surface area (Å²) in [5.74, 6) is -0.942. The summed E-state index contributed by atoms with van der Waals surface area (Å²) in [5, 5.41) is 9.81. The molecular formula is C34H61O9P. The van der Waals surface area contributed by atoms with Crippen LogP contribution >= 0.6 is 7.82 Å². The van der Waals surface area contributed by atoms with Gasteiger partial charge in [0, 0.05) is 12.8 Å². The lowest BCUT2D eigenvalue weighted by molar-refractivity contribution is -0.161. The van der Waals surface area contributed by atoms with Crippen LogP contribution in [-0.2, 0) is 28.2 Å². The molecule has 3 N–H and O–H groups in total. The van der Waals surface area contributed by atoms with E-state index in [4.69, 9.17) is 19.3 Å². The monoisotopic (exact) mass is 644 g/mol. The second-order valence-corrected chi connectivity index (χ2v) is 12.6. The van der Waals surface area contributed by atoms with Gasteiger partial charge >= 0.3 is 19.8 Å². The van der Waals surface area contributed by atoms with Gasteiger partial charge in [0.1, 0.15) is 6.61 Å².